The number of hydrogen-bond donors (Lipinski definition) is 3. The Morgan fingerprint density at radius 3 is 2.44 bits per heavy atom. The molecule has 3 N–H and O–H groups in total. The van der Waals surface area contributed by atoms with Gasteiger partial charge in [-0.1, -0.05) is 49.4 Å². The molecule has 2 heterocycles. The van der Waals surface area contributed by atoms with Gasteiger partial charge in [-0.25, -0.2) is 4.79 Å². The summed E-state index contributed by atoms with van der Waals surface area (Å²) in [6.45, 7) is 1.50. The average Bonchev–Trinajstić information content (AvgIpc) is 3.46. The molecule has 1 fully saturated rings. The van der Waals surface area contributed by atoms with E-state index in [2.05, 4.69) is 16.0 Å². The number of nitrogens with zero attached hydrogens (tertiary/aromatic N) is 1. The second-order valence-corrected chi connectivity index (χ2v) is 7.80. The number of benzene rings is 2. The topological polar surface area (TPSA) is 121 Å². The number of furan rings is 1. The van der Waals surface area contributed by atoms with Gasteiger partial charge in [-0.2, -0.15) is 0 Å². The van der Waals surface area contributed by atoms with E-state index in [1.165, 1.54) is 6.26 Å². The first-order valence-corrected chi connectivity index (χ1v) is 10.8. The molecule has 5 amide bonds. The Balaban J connectivity index is 1.45. The molecule has 0 bridgehead atoms. The number of anilines is 1. The predicted molar refractivity (Wildman–Crippen MR) is 124 cm³/mol. The Morgan fingerprint density at radius 2 is 1.74 bits per heavy atom. The van der Waals surface area contributed by atoms with E-state index in [1.807, 2.05) is 6.07 Å². The Bertz CT molecular complexity index is 1210. The fourth-order valence-corrected chi connectivity index (χ4v) is 3.93. The van der Waals surface area contributed by atoms with Gasteiger partial charge in [0.05, 0.1) is 24.1 Å². The Kier molecular flexibility index (Phi) is 6.44. The first kappa shape index (κ1) is 22.8. The van der Waals surface area contributed by atoms with Gasteiger partial charge >= 0.3 is 6.03 Å². The lowest BCUT2D eigenvalue weighted by Crippen LogP contribution is -2.44. The lowest BCUT2D eigenvalue weighted by atomic mass is 9.87. The second kappa shape index (κ2) is 9.62. The monoisotopic (exact) mass is 460 g/mol. The van der Waals surface area contributed by atoms with Crippen molar-refractivity contribution in [3.05, 3.63) is 89.9 Å². The summed E-state index contributed by atoms with van der Waals surface area (Å²) >= 11 is 0. The maximum absolute atomic E-state index is 13.2. The third-order valence-corrected chi connectivity index (χ3v) is 5.72. The lowest BCUT2D eigenvalue weighted by molar-refractivity contribution is -0.134. The lowest BCUT2D eigenvalue weighted by Gasteiger charge is -2.25. The molecule has 1 atom stereocenters. The van der Waals surface area contributed by atoms with Crippen molar-refractivity contribution in [3.8, 4) is 0 Å². The van der Waals surface area contributed by atoms with E-state index in [9.17, 15) is 19.2 Å². The number of rotatable bonds is 8. The van der Waals surface area contributed by atoms with Crippen LogP contribution in [0.5, 0.6) is 0 Å². The molecule has 0 spiro atoms. The summed E-state index contributed by atoms with van der Waals surface area (Å²) in [6.07, 6.45) is 1.84. The van der Waals surface area contributed by atoms with Crippen LogP contribution in [0.25, 0.3) is 0 Å². The van der Waals surface area contributed by atoms with Crippen LogP contribution in [-0.4, -0.2) is 35.2 Å². The van der Waals surface area contributed by atoms with E-state index in [0.29, 0.717) is 17.7 Å². The van der Waals surface area contributed by atoms with Crippen molar-refractivity contribution in [3.63, 3.8) is 0 Å². The molecule has 3 aromatic rings. The molecule has 1 aromatic heterocycles. The standard InChI is InChI=1S/C25H24N4O5/c1-2-25(17-9-4-3-5-10-17)23(32)29(24(33)28-25)16-21(30)27-20-13-7-6-12-19(20)22(31)26-15-18-11-8-14-34-18/h3-14H,2,15-16H2,1H3,(H,26,31)(H,27,30)(H,28,33). The average molecular weight is 460 g/mol. The summed E-state index contributed by atoms with van der Waals surface area (Å²) in [5.74, 6) is -0.914. The molecule has 34 heavy (non-hydrogen) atoms. The van der Waals surface area contributed by atoms with Gasteiger partial charge in [-0.3, -0.25) is 19.3 Å². The van der Waals surface area contributed by atoms with Crippen molar-refractivity contribution in [2.75, 3.05) is 11.9 Å². The highest BCUT2D eigenvalue weighted by atomic mass is 16.3. The quantitative estimate of drug-likeness (QED) is 0.446. The molecule has 1 aliphatic rings. The van der Waals surface area contributed by atoms with E-state index in [-0.39, 0.29) is 17.8 Å². The van der Waals surface area contributed by atoms with E-state index in [4.69, 9.17) is 4.42 Å². The van der Waals surface area contributed by atoms with Gasteiger partial charge in [0.2, 0.25) is 5.91 Å². The number of carbonyl (C=O) groups excluding carboxylic acids is 4. The largest absolute Gasteiger partial charge is 0.467 e. The fraction of sp³-hybridized carbons (Fsp3) is 0.200. The van der Waals surface area contributed by atoms with Crippen molar-refractivity contribution in [1.82, 2.24) is 15.5 Å². The van der Waals surface area contributed by atoms with Gasteiger partial charge in [-0.05, 0) is 36.2 Å². The first-order valence-electron chi connectivity index (χ1n) is 10.8. The number of carbonyl (C=O) groups is 4. The molecular formula is C25H24N4O5. The minimum absolute atomic E-state index is 0.190. The third kappa shape index (κ3) is 4.40. The highest BCUT2D eigenvalue weighted by Crippen LogP contribution is 2.32. The summed E-state index contributed by atoms with van der Waals surface area (Å²) in [5.41, 5.74) is -0.0622. The van der Waals surface area contributed by atoms with E-state index in [1.54, 1.807) is 67.6 Å². The maximum Gasteiger partial charge on any atom is 0.325 e. The van der Waals surface area contributed by atoms with Crippen LogP contribution in [0, 0.1) is 0 Å². The number of urea groups is 1. The number of para-hydroxylation sites is 1. The first-order chi connectivity index (χ1) is 16.4. The highest BCUT2D eigenvalue weighted by Gasteiger charge is 2.51. The molecule has 2 aromatic carbocycles. The molecule has 0 saturated carbocycles. The van der Waals surface area contributed by atoms with Crippen LogP contribution in [0.1, 0.15) is 35.0 Å². The van der Waals surface area contributed by atoms with E-state index < -0.39 is 35.8 Å². The highest BCUT2D eigenvalue weighted by molar-refractivity contribution is 6.11. The SMILES string of the molecule is CCC1(c2ccccc2)NC(=O)N(CC(=O)Nc2ccccc2C(=O)NCc2ccco2)C1=O. The molecule has 1 unspecified atom stereocenters. The Labute approximate surface area is 196 Å². The zero-order chi connectivity index (χ0) is 24.1. The molecule has 0 aliphatic carbocycles. The van der Waals surface area contributed by atoms with E-state index in [0.717, 1.165) is 4.90 Å². The van der Waals surface area contributed by atoms with Crippen molar-refractivity contribution >= 4 is 29.4 Å². The number of hydrogen-bond acceptors (Lipinski definition) is 5. The minimum Gasteiger partial charge on any atom is -0.467 e. The van der Waals surface area contributed by atoms with Crippen LogP contribution < -0.4 is 16.0 Å². The Morgan fingerprint density at radius 1 is 1.00 bits per heavy atom. The fourth-order valence-electron chi connectivity index (χ4n) is 3.93. The zero-order valence-corrected chi connectivity index (χ0v) is 18.5. The van der Waals surface area contributed by atoms with Crippen LogP contribution in [0.4, 0.5) is 10.5 Å². The smallest absolute Gasteiger partial charge is 0.325 e. The van der Waals surface area contributed by atoms with Crippen LogP contribution in [-0.2, 0) is 21.7 Å². The molecule has 0 radical (unpaired) electrons. The van der Waals surface area contributed by atoms with Crippen molar-refractivity contribution in [2.45, 2.75) is 25.4 Å². The van der Waals surface area contributed by atoms with Gasteiger partial charge in [0, 0.05) is 0 Å². The number of imide groups is 1. The van der Waals surface area contributed by atoms with Crippen molar-refractivity contribution in [2.24, 2.45) is 0 Å². The summed E-state index contributed by atoms with van der Waals surface area (Å²) in [6, 6.07) is 18.2. The molecular weight excluding hydrogens is 436 g/mol. The molecule has 9 nitrogen and oxygen atoms in total. The van der Waals surface area contributed by atoms with Gasteiger partial charge in [0.1, 0.15) is 17.8 Å². The number of nitrogens with one attached hydrogen (secondary N) is 3. The normalized spacial score (nSPS) is 17.4. The minimum atomic E-state index is -1.22. The molecule has 4 rings (SSSR count). The van der Waals surface area contributed by atoms with Gasteiger partial charge in [-0.15, -0.1) is 0 Å². The summed E-state index contributed by atoms with van der Waals surface area (Å²) in [7, 11) is 0. The Hall–Kier alpha value is -4.40. The maximum atomic E-state index is 13.2. The van der Waals surface area contributed by atoms with Gasteiger partial charge in [0.25, 0.3) is 11.8 Å². The molecule has 1 saturated heterocycles. The third-order valence-electron chi connectivity index (χ3n) is 5.72. The van der Waals surface area contributed by atoms with Crippen molar-refractivity contribution < 1.29 is 23.6 Å². The van der Waals surface area contributed by atoms with Crippen LogP contribution in [0.2, 0.25) is 0 Å². The zero-order valence-electron chi connectivity index (χ0n) is 18.5. The molecule has 1 aliphatic heterocycles. The summed E-state index contributed by atoms with van der Waals surface area (Å²) < 4.78 is 5.21. The molecule has 9 heteroatoms. The van der Waals surface area contributed by atoms with Crippen LogP contribution >= 0.6 is 0 Å². The summed E-state index contributed by atoms with van der Waals surface area (Å²) in [4.78, 5) is 52.2. The van der Waals surface area contributed by atoms with Crippen molar-refractivity contribution in [1.29, 1.82) is 0 Å². The predicted octanol–water partition coefficient (Wildman–Crippen LogP) is 3.01. The second-order valence-electron chi connectivity index (χ2n) is 7.80. The van der Waals surface area contributed by atoms with Gasteiger partial charge < -0.3 is 20.4 Å². The van der Waals surface area contributed by atoms with Gasteiger partial charge in [0.15, 0.2) is 0 Å². The van der Waals surface area contributed by atoms with Crippen LogP contribution in [0.15, 0.2) is 77.4 Å². The van der Waals surface area contributed by atoms with Crippen LogP contribution in [0.3, 0.4) is 0 Å². The number of amides is 5. The summed E-state index contributed by atoms with van der Waals surface area (Å²) in [5, 5.41) is 8.11. The molecule has 174 valence electrons. The van der Waals surface area contributed by atoms with E-state index >= 15 is 0 Å².